The number of thioether (sulfide) groups is 2. The normalized spacial score (nSPS) is 15.6. The van der Waals surface area contributed by atoms with E-state index in [-0.39, 0.29) is 5.91 Å². The molecule has 1 N–H and O–H groups in total. The smallest absolute Gasteiger partial charge is 0.263 e. The monoisotopic (exact) mass is 373 g/mol. The average Bonchev–Trinajstić information content (AvgIpc) is 2.91. The molecule has 24 heavy (non-hydrogen) atoms. The molecule has 1 aliphatic heterocycles. The molecular weight excluding hydrogens is 358 g/mol. The SMILES string of the molecule is COc1cccc(SCc2cccc(C=C3SC(=S)NC3=O)c2)c1. The Morgan fingerprint density at radius 3 is 2.83 bits per heavy atom. The van der Waals surface area contributed by atoms with Gasteiger partial charge >= 0.3 is 0 Å². The first-order valence-corrected chi connectivity index (χ1v) is 9.46. The number of benzene rings is 2. The fraction of sp³-hybridized carbons (Fsp3) is 0.111. The summed E-state index contributed by atoms with van der Waals surface area (Å²) in [6, 6.07) is 16.2. The Hall–Kier alpha value is -1.76. The average molecular weight is 374 g/mol. The highest BCUT2D eigenvalue weighted by Crippen LogP contribution is 2.28. The van der Waals surface area contributed by atoms with Crippen LogP contribution in [0.4, 0.5) is 0 Å². The number of methoxy groups -OCH3 is 1. The molecule has 1 heterocycles. The summed E-state index contributed by atoms with van der Waals surface area (Å²) in [4.78, 5) is 13.5. The van der Waals surface area contributed by atoms with E-state index in [0.29, 0.717) is 9.23 Å². The van der Waals surface area contributed by atoms with Crippen LogP contribution in [0.5, 0.6) is 5.75 Å². The molecular formula is C18H15NO2S3. The van der Waals surface area contributed by atoms with Gasteiger partial charge in [-0.3, -0.25) is 4.79 Å². The van der Waals surface area contributed by atoms with Gasteiger partial charge in [-0.25, -0.2) is 0 Å². The highest BCUT2D eigenvalue weighted by molar-refractivity contribution is 8.26. The maximum atomic E-state index is 11.7. The van der Waals surface area contributed by atoms with E-state index >= 15 is 0 Å². The highest BCUT2D eigenvalue weighted by atomic mass is 32.2. The molecule has 0 spiro atoms. The molecule has 1 aliphatic rings. The topological polar surface area (TPSA) is 38.3 Å². The van der Waals surface area contributed by atoms with Crippen LogP contribution >= 0.6 is 35.7 Å². The summed E-state index contributed by atoms with van der Waals surface area (Å²) in [5.74, 6) is 1.59. The number of carbonyl (C=O) groups excluding carboxylic acids is 1. The number of rotatable bonds is 5. The van der Waals surface area contributed by atoms with Crippen LogP contribution in [0, 0.1) is 0 Å². The van der Waals surface area contributed by atoms with E-state index in [9.17, 15) is 4.79 Å². The first kappa shape index (κ1) is 17.1. The van der Waals surface area contributed by atoms with Gasteiger partial charge in [0.1, 0.15) is 10.1 Å². The predicted octanol–water partition coefficient (Wildman–Crippen LogP) is 4.48. The summed E-state index contributed by atoms with van der Waals surface area (Å²) in [5.41, 5.74) is 2.20. The summed E-state index contributed by atoms with van der Waals surface area (Å²) in [5, 5.41) is 2.63. The minimum atomic E-state index is -0.124. The van der Waals surface area contributed by atoms with E-state index in [0.717, 1.165) is 22.0 Å². The van der Waals surface area contributed by atoms with Crippen LogP contribution in [0.2, 0.25) is 0 Å². The van der Waals surface area contributed by atoms with Crippen LogP contribution in [0.3, 0.4) is 0 Å². The molecule has 122 valence electrons. The summed E-state index contributed by atoms with van der Waals surface area (Å²) in [7, 11) is 1.67. The number of amides is 1. The Bertz CT molecular complexity index is 817. The van der Waals surface area contributed by atoms with Crippen LogP contribution in [-0.2, 0) is 10.5 Å². The standard InChI is InChI=1S/C18H15NO2S3/c1-21-14-6-3-7-15(10-14)23-11-13-5-2-4-12(8-13)9-16-17(20)19-18(22)24-16/h2-10H,11H2,1H3,(H,19,20,22). The van der Waals surface area contributed by atoms with Crippen molar-refractivity contribution in [2.24, 2.45) is 0 Å². The number of thiocarbonyl (C=S) groups is 1. The van der Waals surface area contributed by atoms with Crippen molar-refractivity contribution in [3.8, 4) is 5.75 Å². The second kappa shape index (κ2) is 7.88. The summed E-state index contributed by atoms with van der Waals surface area (Å²) in [6.45, 7) is 0. The number of ether oxygens (including phenoxy) is 1. The molecule has 3 nitrogen and oxygen atoms in total. The Morgan fingerprint density at radius 2 is 2.08 bits per heavy atom. The molecule has 0 bridgehead atoms. The molecule has 0 radical (unpaired) electrons. The van der Waals surface area contributed by atoms with Crippen molar-refractivity contribution in [1.82, 2.24) is 5.32 Å². The predicted molar refractivity (Wildman–Crippen MR) is 105 cm³/mol. The van der Waals surface area contributed by atoms with Gasteiger partial charge in [0.2, 0.25) is 0 Å². The summed E-state index contributed by atoms with van der Waals surface area (Å²) >= 11 is 8.06. The van der Waals surface area contributed by atoms with Crippen molar-refractivity contribution in [2.75, 3.05) is 7.11 Å². The van der Waals surface area contributed by atoms with Crippen molar-refractivity contribution >= 4 is 52.0 Å². The molecule has 1 fully saturated rings. The third kappa shape index (κ3) is 4.41. The van der Waals surface area contributed by atoms with Gasteiger partial charge in [0.05, 0.1) is 12.0 Å². The molecule has 0 aromatic heterocycles. The van der Waals surface area contributed by atoms with E-state index in [1.807, 2.05) is 36.4 Å². The number of hydrogen-bond acceptors (Lipinski definition) is 5. The van der Waals surface area contributed by atoms with Gasteiger partial charge in [-0.2, -0.15) is 0 Å². The molecule has 1 amide bonds. The van der Waals surface area contributed by atoms with E-state index in [2.05, 4.69) is 23.5 Å². The third-order valence-corrected chi connectivity index (χ3v) is 5.57. The highest BCUT2D eigenvalue weighted by Gasteiger charge is 2.21. The Labute approximate surface area is 154 Å². The lowest BCUT2D eigenvalue weighted by molar-refractivity contribution is -0.115. The third-order valence-electron chi connectivity index (χ3n) is 3.34. The van der Waals surface area contributed by atoms with Crippen molar-refractivity contribution < 1.29 is 9.53 Å². The fourth-order valence-corrected chi connectivity index (χ4v) is 4.13. The maximum absolute atomic E-state index is 11.7. The molecule has 2 aromatic rings. The number of nitrogens with one attached hydrogen (secondary N) is 1. The second-order valence-corrected chi connectivity index (χ2v) is 7.83. The zero-order chi connectivity index (χ0) is 16.9. The van der Waals surface area contributed by atoms with Gasteiger partial charge in [0, 0.05) is 10.6 Å². The molecule has 6 heteroatoms. The van der Waals surface area contributed by atoms with Crippen molar-refractivity contribution in [3.63, 3.8) is 0 Å². The molecule has 2 aromatic carbocycles. The van der Waals surface area contributed by atoms with E-state index in [1.54, 1.807) is 18.9 Å². The Balaban J connectivity index is 1.70. The van der Waals surface area contributed by atoms with Gasteiger partial charge in [-0.15, -0.1) is 11.8 Å². The lowest BCUT2D eigenvalue weighted by Crippen LogP contribution is -2.17. The molecule has 0 aliphatic carbocycles. The van der Waals surface area contributed by atoms with E-state index < -0.39 is 0 Å². The Kier molecular flexibility index (Phi) is 5.60. The largest absolute Gasteiger partial charge is 0.497 e. The molecule has 0 atom stereocenters. The van der Waals surface area contributed by atoms with Crippen LogP contribution in [-0.4, -0.2) is 17.3 Å². The molecule has 3 rings (SSSR count). The lowest BCUT2D eigenvalue weighted by atomic mass is 10.1. The fourth-order valence-electron chi connectivity index (χ4n) is 2.20. The summed E-state index contributed by atoms with van der Waals surface area (Å²) in [6.07, 6.45) is 1.87. The van der Waals surface area contributed by atoms with Gasteiger partial charge in [-0.05, 0) is 35.4 Å². The maximum Gasteiger partial charge on any atom is 0.263 e. The quantitative estimate of drug-likeness (QED) is 0.475. The van der Waals surface area contributed by atoms with Gasteiger partial charge < -0.3 is 10.1 Å². The Morgan fingerprint density at radius 1 is 1.25 bits per heavy atom. The van der Waals surface area contributed by atoms with Crippen LogP contribution in [0.15, 0.2) is 58.3 Å². The first-order chi connectivity index (χ1) is 11.6. The number of carbonyl (C=O) groups is 1. The number of hydrogen-bond donors (Lipinski definition) is 1. The molecule has 0 unspecified atom stereocenters. The van der Waals surface area contributed by atoms with E-state index in [4.69, 9.17) is 17.0 Å². The van der Waals surface area contributed by atoms with Crippen molar-refractivity contribution in [2.45, 2.75) is 10.6 Å². The van der Waals surface area contributed by atoms with Crippen LogP contribution in [0.25, 0.3) is 6.08 Å². The first-order valence-electron chi connectivity index (χ1n) is 7.25. The molecule has 0 saturated carbocycles. The minimum absolute atomic E-state index is 0.124. The zero-order valence-electron chi connectivity index (χ0n) is 12.9. The zero-order valence-corrected chi connectivity index (χ0v) is 15.4. The van der Waals surface area contributed by atoms with Crippen molar-refractivity contribution in [1.29, 1.82) is 0 Å². The van der Waals surface area contributed by atoms with Crippen molar-refractivity contribution in [3.05, 3.63) is 64.6 Å². The molecule has 1 saturated heterocycles. The van der Waals surface area contributed by atoms with Gasteiger partial charge in [-0.1, -0.05) is 54.3 Å². The lowest BCUT2D eigenvalue weighted by Gasteiger charge is -2.05. The van der Waals surface area contributed by atoms with Gasteiger partial charge in [0.25, 0.3) is 5.91 Å². The second-order valence-electron chi connectivity index (χ2n) is 5.06. The van der Waals surface area contributed by atoms with Crippen LogP contribution < -0.4 is 10.1 Å². The van der Waals surface area contributed by atoms with Gasteiger partial charge in [0.15, 0.2) is 0 Å². The minimum Gasteiger partial charge on any atom is -0.497 e. The summed E-state index contributed by atoms with van der Waals surface area (Å²) < 4.78 is 5.76. The van der Waals surface area contributed by atoms with Crippen LogP contribution in [0.1, 0.15) is 11.1 Å². The van der Waals surface area contributed by atoms with E-state index in [1.165, 1.54) is 17.3 Å².